The van der Waals surface area contributed by atoms with E-state index in [1.807, 2.05) is 0 Å². The van der Waals surface area contributed by atoms with E-state index in [4.69, 9.17) is 10.8 Å². The number of nitrogens with two attached hydrogens (primary N) is 1. The Morgan fingerprint density at radius 1 is 0.950 bits per heavy atom. The van der Waals surface area contributed by atoms with E-state index in [1.165, 1.54) is 0 Å². The summed E-state index contributed by atoms with van der Waals surface area (Å²) in [5.74, 6) is -10.9. The van der Waals surface area contributed by atoms with Crippen molar-refractivity contribution in [1.82, 2.24) is 4.98 Å². The fraction of sp³-hybridized carbons (Fsp3) is 0.0833. The second-order valence-corrected chi connectivity index (χ2v) is 3.88. The molecule has 106 valence electrons. The first-order valence-electron chi connectivity index (χ1n) is 5.25. The van der Waals surface area contributed by atoms with Crippen molar-refractivity contribution in [2.24, 2.45) is 0 Å². The van der Waals surface area contributed by atoms with Gasteiger partial charge in [0.05, 0.1) is 12.2 Å². The molecule has 2 aromatic rings. The molecule has 0 saturated heterocycles. The number of halogens is 5. The van der Waals surface area contributed by atoms with Crippen LogP contribution >= 0.6 is 0 Å². The molecular weight excluding hydrogens is 283 g/mol. The normalized spacial score (nSPS) is 10.9. The lowest BCUT2D eigenvalue weighted by Gasteiger charge is -2.11. The summed E-state index contributed by atoms with van der Waals surface area (Å²) in [5, 5.41) is 8.92. The molecule has 0 aliphatic heterocycles. The highest BCUT2D eigenvalue weighted by Gasteiger charge is 2.27. The lowest BCUT2D eigenvalue weighted by atomic mass is 10.0. The average molecular weight is 290 g/mol. The molecule has 0 fully saturated rings. The van der Waals surface area contributed by atoms with Gasteiger partial charge in [0.2, 0.25) is 5.82 Å². The third-order valence-electron chi connectivity index (χ3n) is 2.64. The molecule has 20 heavy (non-hydrogen) atoms. The summed E-state index contributed by atoms with van der Waals surface area (Å²) in [4.78, 5) is 3.54. The highest BCUT2D eigenvalue weighted by molar-refractivity contribution is 5.75. The molecule has 0 aliphatic rings. The Labute approximate surface area is 109 Å². The highest BCUT2D eigenvalue weighted by Crippen LogP contribution is 2.34. The van der Waals surface area contributed by atoms with Crippen LogP contribution in [0, 0.1) is 29.1 Å². The minimum Gasteiger partial charge on any atom is -0.392 e. The third kappa shape index (κ3) is 2.07. The fourth-order valence-corrected chi connectivity index (χ4v) is 1.65. The molecule has 0 amide bonds. The molecule has 2 rings (SSSR count). The van der Waals surface area contributed by atoms with Gasteiger partial charge in [0.15, 0.2) is 23.3 Å². The standard InChI is InChI=1S/C12H7F5N2O/c13-7-6(8(14)10(16)11(17)9(7)15)5-1-4(3-20)2-19-12(5)18/h1-2,20H,3H2,(H2,18,19). The van der Waals surface area contributed by atoms with Gasteiger partial charge in [-0.1, -0.05) is 0 Å². The summed E-state index contributed by atoms with van der Waals surface area (Å²) in [6.07, 6.45) is 1.12. The van der Waals surface area contributed by atoms with Crippen LogP contribution in [0.4, 0.5) is 27.8 Å². The smallest absolute Gasteiger partial charge is 0.200 e. The number of hydrogen-bond donors (Lipinski definition) is 2. The Morgan fingerprint density at radius 3 is 1.95 bits per heavy atom. The molecule has 0 atom stereocenters. The van der Waals surface area contributed by atoms with Gasteiger partial charge in [-0.15, -0.1) is 0 Å². The number of aliphatic hydroxyl groups is 1. The zero-order valence-corrected chi connectivity index (χ0v) is 9.72. The maximum atomic E-state index is 13.6. The maximum Gasteiger partial charge on any atom is 0.200 e. The number of pyridine rings is 1. The topological polar surface area (TPSA) is 59.1 Å². The van der Waals surface area contributed by atoms with E-state index < -0.39 is 52.6 Å². The van der Waals surface area contributed by atoms with Crippen LogP contribution in [0.15, 0.2) is 12.3 Å². The van der Waals surface area contributed by atoms with Gasteiger partial charge in [0.1, 0.15) is 5.82 Å². The number of rotatable bonds is 2. The number of nitrogen functional groups attached to an aromatic ring is 1. The summed E-state index contributed by atoms with van der Waals surface area (Å²) in [6.45, 7) is -0.532. The van der Waals surface area contributed by atoms with E-state index in [0.717, 1.165) is 12.3 Å². The molecule has 0 bridgehead atoms. The fourth-order valence-electron chi connectivity index (χ4n) is 1.65. The number of nitrogens with zero attached hydrogens (tertiary/aromatic N) is 1. The second-order valence-electron chi connectivity index (χ2n) is 3.88. The predicted octanol–water partition coefficient (Wildman–Crippen LogP) is 2.52. The molecule has 0 spiro atoms. The van der Waals surface area contributed by atoms with Crippen LogP contribution in [0.2, 0.25) is 0 Å². The van der Waals surface area contributed by atoms with Crippen molar-refractivity contribution >= 4 is 5.82 Å². The van der Waals surface area contributed by atoms with E-state index in [0.29, 0.717) is 0 Å². The number of hydrogen-bond acceptors (Lipinski definition) is 3. The monoisotopic (exact) mass is 290 g/mol. The van der Waals surface area contributed by atoms with Crippen LogP contribution < -0.4 is 5.73 Å². The van der Waals surface area contributed by atoms with Crippen LogP contribution in [0.1, 0.15) is 5.56 Å². The summed E-state index contributed by atoms with van der Waals surface area (Å²) in [5.41, 5.74) is 3.84. The molecular formula is C12H7F5N2O. The molecule has 3 nitrogen and oxygen atoms in total. The van der Waals surface area contributed by atoms with E-state index in [2.05, 4.69) is 4.98 Å². The molecule has 1 aromatic heterocycles. The van der Waals surface area contributed by atoms with E-state index >= 15 is 0 Å². The minimum atomic E-state index is -2.26. The van der Waals surface area contributed by atoms with E-state index in [-0.39, 0.29) is 5.56 Å². The SMILES string of the molecule is Nc1ncc(CO)cc1-c1c(F)c(F)c(F)c(F)c1F. The van der Waals surface area contributed by atoms with Gasteiger partial charge >= 0.3 is 0 Å². The van der Waals surface area contributed by atoms with Gasteiger partial charge in [-0.3, -0.25) is 0 Å². The first-order chi connectivity index (χ1) is 9.38. The van der Waals surface area contributed by atoms with E-state index in [1.54, 1.807) is 0 Å². The largest absolute Gasteiger partial charge is 0.392 e. The first-order valence-corrected chi connectivity index (χ1v) is 5.25. The van der Waals surface area contributed by atoms with Crippen molar-refractivity contribution in [3.63, 3.8) is 0 Å². The Bertz CT molecular complexity index is 661. The number of anilines is 1. The number of aliphatic hydroxyl groups excluding tert-OH is 1. The van der Waals surface area contributed by atoms with Crippen molar-refractivity contribution in [1.29, 1.82) is 0 Å². The molecule has 0 saturated carbocycles. The average Bonchev–Trinajstić information content (AvgIpc) is 2.45. The second kappa shape index (κ2) is 5.04. The molecule has 0 unspecified atom stereocenters. The Kier molecular flexibility index (Phi) is 3.58. The van der Waals surface area contributed by atoms with Crippen LogP contribution in [-0.2, 0) is 6.61 Å². The highest BCUT2D eigenvalue weighted by atomic mass is 19.2. The lowest BCUT2D eigenvalue weighted by molar-refractivity contribution is 0.281. The maximum absolute atomic E-state index is 13.6. The molecule has 0 radical (unpaired) electrons. The van der Waals surface area contributed by atoms with Crippen LogP contribution in [0.25, 0.3) is 11.1 Å². The van der Waals surface area contributed by atoms with Gasteiger partial charge in [-0.25, -0.2) is 26.9 Å². The minimum absolute atomic E-state index is 0.109. The zero-order chi connectivity index (χ0) is 15.0. The van der Waals surface area contributed by atoms with Gasteiger partial charge in [-0.2, -0.15) is 0 Å². The zero-order valence-electron chi connectivity index (χ0n) is 9.72. The Balaban J connectivity index is 2.83. The van der Waals surface area contributed by atoms with Gasteiger partial charge in [-0.05, 0) is 11.6 Å². The Morgan fingerprint density at radius 2 is 1.45 bits per heavy atom. The number of benzene rings is 1. The van der Waals surface area contributed by atoms with Crippen LogP contribution in [0.5, 0.6) is 0 Å². The van der Waals surface area contributed by atoms with Gasteiger partial charge in [0, 0.05) is 11.8 Å². The van der Waals surface area contributed by atoms with Gasteiger partial charge in [0.25, 0.3) is 0 Å². The predicted molar refractivity (Wildman–Crippen MR) is 59.8 cm³/mol. The summed E-state index contributed by atoms with van der Waals surface area (Å²) in [7, 11) is 0. The van der Waals surface area contributed by atoms with Crippen LogP contribution in [-0.4, -0.2) is 10.1 Å². The summed E-state index contributed by atoms with van der Waals surface area (Å²) in [6, 6.07) is 1.00. The third-order valence-corrected chi connectivity index (χ3v) is 2.64. The Hall–Kier alpha value is -2.22. The van der Waals surface area contributed by atoms with Crippen molar-refractivity contribution in [3.05, 3.63) is 46.9 Å². The quantitative estimate of drug-likeness (QED) is 0.507. The molecule has 1 heterocycles. The molecule has 3 N–H and O–H groups in total. The molecule has 0 aliphatic carbocycles. The van der Waals surface area contributed by atoms with E-state index in [9.17, 15) is 22.0 Å². The van der Waals surface area contributed by atoms with Gasteiger partial charge < -0.3 is 10.8 Å². The lowest BCUT2D eigenvalue weighted by Crippen LogP contribution is -2.06. The van der Waals surface area contributed by atoms with Crippen molar-refractivity contribution in [3.8, 4) is 11.1 Å². The van der Waals surface area contributed by atoms with Crippen LogP contribution in [0.3, 0.4) is 0 Å². The number of aromatic nitrogens is 1. The summed E-state index contributed by atoms with van der Waals surface area (Å²) >= 11 is 0. The first kappa shape index (κ1) is 14.2. The van der Waals surface area contributed by atoms with Crippen molar-refractivity contribution in [2.75, 3.05) is 5.73 Å². The summed E-state index contributed by atoms with van der Waals surface area (Å²) < 4.78 is 66.5. The van der Waals surface area contributed by atoms with Crippen molar-refractivity contribution < 1.29 is 27.1 Å². The van der Waals surface area contributed by atoms with Crippen molar-refractivity contribution in [2.45, 2.75) is 6.61 Å². The molecule has 8 heteroatoms. The molecule has 1 aromatic carbocycles.